The molecule has 2 unspecified atom stereocenters. The molecule has 1 fully saturated rings. The molecule has 0 bridgehead atoms. The average Bonchev–Trinajstić information content (AvgIpc) is 2.01. The van der Waals surface area contributed by atoms with Crippen LogP contribution in [0, 0.1) is 17.8 Å². The molecule has 0 aromatic heterocycles. The molecule has 4 nitrogen and oxygen atoms in total. The number of carboxylic acids is 1. The van der Waals surface area contributed by atoms with Gasteiger partial charge in [0.15, 0.2) is 0 Å². The lowest BCUT2D eigenvalue weighted by Gasteiger charge is -2.38. The number of hydrogen-bond acceptors (Lipinski definition) is 2. The van der Waals surface area contributed by atoms with Crippen LogP contribution in [0.5, 0.6) is 0 Å². The number of rotatable bonds is 1. The smallest absolute Gasteiger partial charge is 0.307 e. The highest BCUT2D eigenvalue weighted by molar-refractivity contribution is 5.75. The Bertz CT molecular complexity index is 240. The van der Waals surface area contributed by atoms with Crippen LogP contribution in [0.4, 0.5) is 0 Å². The Morgan fingerprint density at radius 1 is 1.21 bits per heavy atom. The van der Waals surface area contributed by atoms with Crippen LogP contribution in [0.1, 0.15) is 20.8 Å². The Labute approximate surface area is 83.9 Å². The number of nitrogens with zero attached hydrogens (tertiary/aromatic N) is 1. The third-order valence-electron chi connectivity index (χ3n) is 2.97. The molecule has 2 atom stereocenters. The van der Waals surface area contributed by atoms with Gasteiger partial charge in [-0.25, -0.2) is 0 Å². The monoisotopic (exact) mass is 199 g/mol. The third kappa shape index (κ3) is 2.05. The molecule has 0 aliphatic carbocycles. The van der Waals surface area contributed by atoms with Gasteiger partial charge in [0.2, 0.25) is 5.91 Å². The van der Waals surface area contributed by atoms with Crippen LogP contribution in [-0.2, 0) is 9.59 Å². The first-order chi connectivity index (χ1) is 6.43. The fourth-order valence-electron chi connectivity index (χ4n) is 2.30. The van der Waals surface area contributed by atoms with Crippen molar-refractivity contribution >= 4 is 11.9 Å². The molecule has 0 aromatic rings. The minimum atomic E-state index is -0.742. The Balaban J connectivity index is 2.72. The predicted molar refractivity (Wildman–Crippen MR) is 51.7 cm³/mol. The van der Waals surface area contributed by atoms with Gasteiger partial charge >= 0.3 is 5.97 Å². The summed E-state index contributed by atoms with van der Waals surface area (Å²) in [7, 11) is 0. The topological polar surface area (TPSA) is 57.6 Å². The van der Waals surface area contributed by atoms with Crippen LogP contribution in [0.2, 0.25) is 0 Å². The lowest BCUT2D eigenvalue weighted by molar-refractivity contribution is -0.151. The summed E-state index contributed by atoms with van der Waals surface area (Å²) in [6.45, 7) is 6.45. The number of hydrogen-bond donors (Lipinski definition) is 1. The molecule has 0 saturated carbocycles. The van der Waals surface area contributed by atoms with Crippen molar-refractivity contribution in [3.05, 3.63) is 0 Å². The van der Waals surface area contributed by atoms with E-state index in [2.05, 4.69) is 0 Å². The predicted octanol–water partition coefficient (Wildman–Crippen LogP) is 0.821. The van der Waals surface area contributed by atoms with Crippen LogP contribution in [-0.4, -0.2) is 35.0 Å². The van der Waals surface area contributed by atoms with Gasteiger partial charge in [-0.15, -0.1) is 0 Å². The molecule has 1 amide bonds. The fraction of sp³-hybridized carbons (Fsp3) is 0.800. The first-order valence-electron chi connectivity index (χ1n) is 4.91. The minimum absolute atomic E-state index is 0.0348. The molecule has 1 rings (SSSR count). The first kappa shape index (κ1) is 11.0. The molecule has 1 heterocycles. The standard InChI is InChI=1S/C10H17NO3/c1-6-4-11(8(3)12)5-7(2)9(6)10(13)14/h6-7,9H,4-5H2,1-3H3,(H,13,14). The maximum absolute atomic E-state index is 11.1. The van der Waals surface area contributed by atoms with E-state index in [0.29, 0.717) is 13.1 Å². The van der Waals surface area contributed by atoms with E-state index in [0.717, 1.165) is 0 Å². The Kier molecular flexibility index (Phi) is 3.13. The summed E-state index contributed by atoms with van der Waals surface area (Å²) in [5, 5.41) is 9.00. The zero-order valence-corrected chi connectivity index (χ0v) is 8.86. The van der Waals surface area contributed by atoms with Crippen LogP contribution in [0.3, 0.4) is 0 Å². The van der Waals surface area contributed by atoms with Crippen molar-refractivity contribution in [2.24, 2.45) is 17.8 Å². The lowest BCUT2D eigenvalue weighted by atomic mass is 9.79. The van der Waals surface area contributed by atoms with Crippen LogP contribution in [0.25, 0.3) is 0 Å². The Hall–Kier alpha value is -1.06. The second-order valence-corrected chi connectivity index (χ2v) is 4.24. The van der Waals surface area contributed by atoms with Gasteiger partial charge in [-0.1, -0.05) is 13.8 Å². The average molecular weight is 199 g/mol. The summed E-state index contributed by atoms with van der Waals surface area (Å²) in [6, 6.07) is 0. The van der Waals surface area contributed by atoms with Gasteiger partial charge < -0.3 is 10.0 Å². The van der Waals surface area contributed by atoms with E-state index in [1.807, 2.05) is 13.8 Å². The second-order valence-electron chi connectivity index (χ2n) is 4.24. The number of carbonyl (C=O) groups is 2. The van der Waals surface area contributed by atoms with Crippen LogP contribution >= 0.6 is 0 Å². The number of aliphatic carboxylic acids is 1. The summed E-state index contributed by atoms with van der Waals surface area (Å²) in [6.07, 6.45) is 0. The summed E-state index contributed by atoms with van der Waals surface area (Å²) in [5.74, 6) is -0.938. The third-order valence-corrected chi connectivity index (χ3v) is 2.97. The van der Waals surface area contributed by atoms with Crippen molar-refractivity contribution in [1.82, 2.24) is 4.90 Å². The SMILES string of the molecule is CC(=O)N1CC(C)C(C(=O)O)C(C)C1. The highest BCUT2D eigenvalue weighted by Crippen LogP contribution is 2.28. The van der Waals surface area contributed by atoms with Gasteiger partial charge in [0, 0.05) is 20.0 Å². The minimum Gasteiger partial charge on any atom is -0.481 e. The molecule has 0 aromatic carbocycles. The van der Waals surface area contributed by atoms with Crippen molar-refractivity contribution in [3.8, 4) is 0 Å². The number of likely N-dealkylation sites (tertiary alicyclic amines) is 1. The fourth-order valence-corrected chi connectivity index (χ4v) is 2.30. The van der Waals surface area contributed by atoms with Crippen molar-refractivity contribution in [3.63, 3.8) is 0 Å². The van der Waals surface area contributed by atoms with E-state index in [1.165, 1.54) is 6.92 Å². The van der Waals surface area contributed by atoms with E-state index in [9.17, 15) is 9.59 Å². The van der Waals surface area contributed by atoms with E-state index >= 15 is 0 Å². The highest BCUT2D eigenvalue weighted by atomic mass is 16.4. The molecule has 14 heavy (non-hydrogen) atoms. The first-order valence-corrected chi connectivity index (χ1v) is 4.91. The van der Waals surface area contributed by atoms with E-state index in [4.69, 9.17) is 5.11 Å². The van der Waals surface area contributed by atoms with Gasteiger partial charge in [-0.2, -0.15) is 0 Å². The Morgan fingerprint density at radius 2 is 1.64 bits per heavy atom. The molecule has 1 aliphatic heterocycles. The number of carboxylic acid groups (broad SMARTS) is 1. The van der Waals surface area contributed by atoms with E-state index < -0.39 is 5.97 Å². The zero-order chi connectivity index (χ0) is 10.9. The van der Waals surface area contributed by atoms with E-state index in [-0.39, 0.29) is 23.7 Å². The zero-order valence-electron chi connectivity index (χ0n) is 8.86. The van der Waals surface area contributed by atoms with Gasteiger partial charge in [-0.05, 0) is 11.8 Å². The largest absolute Gasteiger partial charge is 0.481 e. The van der Waals surface area contributed by atoms with Gasteiger partial charge in [0.05, 0.1) is 5.92 Å². The molecule has 1 N–H and O–H groups in total. The summed E-state index contributed by atoms with van der Waals surface area (Å²) >= 11 is 0. The normalized spacial score (nSPS) is 32.8. The molecule has 1 saturated heterocycles. The molecule has 80 valence electrons. The number of amides is 1. The second kappa shape index (κ2) is 3.98. The maximum atomic E-state index is 11.1. The quantitative estimate of drug-likeness (QED) is 0.680. The highest BCUT2D eigenvalue weighted by Gasteiger charge is 2.37. The summed E-state index contributed by atoms with van der Waals surface area (Å²) in [5.41, 5.74) is 0. The maximum Gasteiger partial charge on any atom is 0.307 e. The molecule has 4 heteroatoms. The van der Waals surface area contributed by atoms with Crippen molar-refractivity contribution in [2.45, 2.75) is 20.8 Å². The molecule has 1 aliphatic rings. The van der Waals surface area contributed by atoms with Crippen LogP contribution in [0.15, 0.2) is 0 Å². The van der Waals surface area contributed by atoms with Gasteiger partial charge in [0.1, 0.15) is 0 Å². The number of piperidine rings is 1. The van der Waals surface area contributed by atoms with Crippen LogP contribution < -0.4 is 0 Å². The molecular formula is C10H17NO3. The molecule has 0 spiro atoms. The van der Waals surface area contributed by atoms with Gasteiger partial charge in [0.25, 0.3) is 0 Å². The van der Waals surface area contributed by atoms with Crippen molar-refractivity contribution in [2.75, 3.05) is 13.1 Å². The summed E-state index contributed by atoms with van der Waals surface area (Å²) in [4.78, 5) is 23.8. The Morgan fingerprint density at radius 3 is 1.93 bits per heavy atom. The summed E-state index contributed by atoms with van der Waals surface area (Å²) < 4.78 is 0. The van der Waals surface area contributed by atoms with Crippen molar-refractivity contribution in [1.29, 1.82) is 0 Å². The van der Waals surface area contributed by atoms with Gasteiger partial charge in [-0.3, -0.25) is 9.59 Å². The molecule has 0 radical (unpaired) electrons. The van der Waals surface area contributed by atoms with Crippen molar-refractivity contribution < 1.29 is 14.7 Å². The van der Waals surface area contributed by atoms with E-state index in [1.54, 1.807) is 4.90 Å². The lowest BCUT2D eigenvalue weighted by Crippen LogP contribution is -2.48. The number of carbonyl (C=O) groups excluding carboxylic acids is 1. The molecular weight excluding hydrogens is 182 g/mol.